The monoisotopic (exact) mass is 924 g/mol. The lowest BCUT2D eigenvalue weighted by Gasteiger charge is -2.40. The van der Waals surface area contributed by atoms with Gasteiger partial charge in [0.1, 0.15) is 24.4 Å². The van der Waals surface area contributed by atoms with Crippen molar-refractivity contribution in [3.8, 4) is 0 Å². The summed E-state index contributed by atoms with van der Waals surface area (Å²) in [5, 5.41) is 54.3. The standard InChI is InChI=1S/C57H97NO8/c1-3-5-7-9-11-13-15-17-19-21-23-25-27-28-30-32-34-36-38-40-42-44-46-51(60)50(49-65-57-56(64)55(63)54(62)52(48-59)66-57)58-53(61)47-45-43-41-39-37-35-33-31-29-26-24-22-20-18-16-14-12-10-8-6-4-2/h6,8,12,14,18,20,24,26,31,33,36-39,44,46,50-52,54-57,59-60,62-64H,3-5,7,9-11,13,15-17,19,21-23,25,27-30,32,34-35,40-43,45,47-49H2,1-2H3,(H,58,61)/b8-6-,14-12-,20-18-,26-24-,33-31-,38-36+,39-37-,46-44+. The lowest BCUT2D eigenvalue weighted by molar-refractivity contribution is -0.302. The zero-order valence-electron chi connectivity index (χ0n) is 41.7. The van der Waals surface area contributed by atoms with Crippen molar-refractivity contribution in [3.05, 3.63) is 97.2 Å². The van der Waals surface area contributed by atoms with Crippen molar-refractivity contribution in [2.45, 2.75) is 243 Å². The van der Waals surface area contributed by atoms with Crippen LogP contribution >= 0.6 is 0 Å². The molecule has 0 spiro atoms. The molecule has 1 rings (SSSR count). The second-order valence-corrected chi connectivity index (χ2v) is 17.9. The molecule has 1 aliphatic heterocycles. The van der Waals surface area contributed by atoms with Crippen LogP contribution in [-0.2, 0) is 14.3 Å². The number of allylic oxidation sites excluding steroid dienone is 15. The Balaban J connectivity index is 2.36. The number of unbranched alkanes of at least 4 members (excludes halogenated alkanes) is 19. The molecular formula is C57H97NO8. The van der Waals surface area contributed by atoms with Gasteiger partial charge in [0.25, 0.3) is 0 Å². The molecule has 0 aromatic carbocycles. The predicted octanol–water partition coefficient (Wildman–Crippen LogP) is 12.5. The Morgan fingerprint density at radius 3 is 1.45 bits per heavy atom. The van der Waals surface area contributed by atoms with Gasteiger partial charge >= 0.3 is 0 Å². The van der Waals surface area contributed by atoms with E-state index in [1.54, 1.807) is 6.08 Å². The fourth-order valence-corrected chi connectivity index (χ4v) is 7.70. The number of hydrogen-bond acceptors (Lipinski definition) is 8. The van der Waals surface area contributed by atoms with E-state index < -0.39 is 49.5 Å². The van der Waals surface area contributed by atoms with Gasteiger partial charge in [-0.05, 0) is 83.5 Å². The first-order valence-electron chi connectivity index (χ1n) is 26.5. The highest BCUT2D eigenvalue weighted by molar-refractivity contribution is 5.76. The van der Waals surface area contributed by atoms with Gasteiger partial charge in [0.2, 0.25) is 5.91 Å². The largest absolute Gasteiger partial charge is 0.394 e. The average molecular weight is 924 g/mol. The van der Waals surface area contributed by atoms with E-state index in [1.165, 1.54) is 103 Å². The van der Waals surface area contributed by atoms with Crippen molar-refractivity contribution in [3.63, 3.8) is 0 Å². The molecule has 1 heterocycles. The third kappa shape index (κ3) is 35.3. The Morgan fingerprint density at radius 1 is 0.530 bits per heavy atom. The van der Waals surface area contributed by atoms with Gasteiger partial charge in [-0.25, -0.2) is 0 Å². The second kappa shape index (κ2) is 45.9. The molecule has 66 heavy (non-hydrogen) atoms. The number of ether oxygens (including phenoxy) is 2. The van der Waals surface area contributed by atoms with Gasteiger partial charge in [-0.2, -0.15) is 0 Å². The van der Waals surface area contributed by atoms with Crippen LogP contribution in [0.3, 0.4) is 0 Å². The summed E-state index contributed by atoms with van der Waals surface area (Å²) in [6.07, 6.45) is 58.9. The Bertz CT molecular complexity index is 1350. The van der Waals surface area contributed by atoms with Crippen LogP contribution < -0.4 is 5.32 Å². The van der Waals surface area contributed by atoms with Gasteiger partial charge in [0.05, 0.1) is 25.4 Å². The summed E-state index contributed by atoms with van der Waals surface area (Å²) in [5.41, 5.74) is 0. The van der Waals surface area contributed by atoms with E-state index in [4.69, 9.17) is 9.47 Å². The summed E-state index contributed by atoms with van der Waals surface area (Å²) in [7, 11) is 0. The Kier molecular flexibility index (Phi) is 42.5. The lowest BCUT2D eigenvalue weighted by atomic mass is 9.99. The molecular weight excluding hydrogens is 827 g/mol. The normalized spacial score (nSPS) is 20.6. The topological polar surface area (TPSA) is 149 Å². The second-order valence-electron chi connectivity index (χ2n) is 17.9. The minimum Gasteiger partial charge on any atom is -0.394 e. The fraction of sp³-hybridized carbons (Fsp3) is 0.702. The highest BCUT2D eigenvalue weighted by Crippen LogP contribution is 2.22. The van der Waals surface area contributed by atoms with E-state index in [1.807, 2.05) is 6.08 Å². The molecule has 7 unspecified atom stereocenters. The zero-order chi connectivity index (χ0) is 48.0. The van der Waals surface area contributed by atoms with E-state index in [9.17, 15) is 30.3 Å². The lowest BCUT2D eigenvalue weighted by Crippen LogP contribution is -2.60. The van der Waals surface area contributed by atoms with Crippen LogP contribution in [0.25, 0.3) is 0 Å². The third-order valence-electron chi connectivity index (χ3n) is 11.9. The van der Waals surface area contributed by atoms with Gasteiger partial charge in [-0.1, -0.05) is 207 Å². The molecule has 9 heteroatoms. The summed E-state index contributed by atoms with van der Waals surface area (Å²) >= 11 is 0. The number of carbonyl (C=O) groups is 1. The number of aliphatic hydroxyl groups excluding tert-OH is 5. The SMILES string of the molecule is CC/C=C\C/C=C\C/C=C\C/C=C\C/C=C\C/C=C\CCCCC(=O)NC(COC1OC(CO)C(O)C(O)C1O)C(O)/C=C/CC/C=C/CCCCCCCCCCCCCCCCCC. The zero-order valence-corrected chi connectivity index (χ0v) is 41.7. The van der Waals surface area contributed by atoms with Crippen LogP contribution in [0, 0.1) is 0 Å². The van der Waals surface area contributed by atoms with Crippen molar-refractivity contribution in [2.75, 3.05) is 13.2 Å². The molecule has 1 amide bonds. The molecule has 1 fully saturated rings. The van der Waals surface area contributed by atoms with Crippen molar-refractivity contribution in [1.29, 1.82) is 0 Å². The van der Waals surface area contributed by atoms with Crippen LogP contribution in [0.15, 0.2) is 97.2 Å². The molecule has 0 radical (unpaired) electrons. The maximum absolute atomic E-state index is 13.0. The number of rotatable bonds is 43. The number of nitrogens with one attached hydrogen (secondary N) is 1. The van der Waals surface area contributed by atoms with Gasteiger partial charge in [0, 0.05) is 6.42 Å². The molecule has 0 saturated carbocycles. The van der Waals surface area contributed by atoms with Gasteiger partial charge in [0.15, 0.2) is 6.29 Å². The fourth-order valence-electron chi connectivity index (χ4n) is 7.70. The number of carbonyl (C=O) groups excluding carboxylic acids is 1. The van der Waals surface area contributed by atoms with Crippen LogP contribution in [0.2, 0.25) is 0 Å². The first-order valence-corrected chi connectivity index (χ1v) is 26.5. The summed E-state index contributed by atoms with van der Waals surface area (Å²) in [5.74, 6) is -0.232. The molecule has 6 N–H and O–H groups in total. The van der Waals surface area contributed by atoms with Gasteiger partial charge in [-0.3, -0.25) is 4.79 Å². The van der Waals surface area contributed by atoms with E-state index in [-0.39, 0.29) is 18.9 Å². The van der Waals surface area contributed by atoms with E-state index >= 15 is 0 Å². The minimum atomic E-state index is -1.59. The van der Waals surface area contributed by atoms with Crippen LogP contribution in [0.5, 0.6) is 0 Å². The molecule has 0 bridgehead atoms. The van der Waals surface area contributed by atoms with Gasteiger partial charge < -0.3 is 40.3 Å². The highest BCUT2D eigenvalue weighted by Gasteiger charge is 2.44. The van der Waals surface area contributed by atoms with E-state index in [0.717, 1.165) is 70.6 Å². The van der Waals surface area contributed by atoms with Crippen molar-refractivity contribution in [2.24, 2.45) is 0 Å². The van der Waals surface area contributed by atoms with Crippen LogP contribution in [0.1, 0.15) is 200 Å². The van der Waals surface area contributed by atoms with Crippen molar-refractivity contribution in [1.82, 2.24) is 5.32 Å². The Morgan fingerprint density at radius 2 is 0.955 bits per heavy atom. The maximum Gasteiger partial charge on any atom is 0.220 e. The first kappa shape index (κ1) is 61.1. The van der Waals surface area contributed by atoms with E-state index in [2.05, 4.69) is 104 Å². The molecule has 7 atom stereocenters. The summed E-state index contributed by atoms with van der Waals surface area (Å²) in [6, 6.07) is -0.852. The van der Waals surface area contributed by atoms with Crippen LogP contribution in [0.4, 0.5) is 0 Å². The maximum atomic E-state index is 13.0. The summed E-state index contributed by atoms with van der Waals surface area (Å²) in [6.45, 7) is 3.62. The Hall–Kier alpha value is -2.89. The quantitative estimate of drug-likeness (QED) is 0.0262. The summed E-state index contributed by atoms with van der Waals surface area (Å²) < 4.78 is 11.2. The molecule has 378 valence electrons. The number of amides is 1. The molecule has 0 aliphatic carbocycles. The molecule has 1 aliphatic rings. The Labute approximate surface area is 403 Å². The van der Waals surface area contributed by atoms with Crippen molar-refractivity contribution >= 4 is 5.91 Å². The smallest absolute Gasteiger partial charge is 0.220 e. The molecule has 0 aromatic rings. The van der Waals surface area contributed by atoms with Gasteiger partial charge in [-0.15, -0.1) is 0 Å². The van der Waals surface area contributed by atoms with Crippen LogP contribution in [-0.4, -0.2) is 87.5 Å². The molecule has 1 saturated heterocycles. The number of hydrogen-bond donors (Lipinski definition) is 6. The predicted molar refractivity (Wildman–Crippen MR) is 276 cm³/mol. The minimum absolute atomic E-state index is 0.225. The average Bonchev–Trinajstić information content (AvgIpc) is 3.32. The van der Waals surface area contributed by atoms with Crippen molar-refractivity contribution < 1.29 is 39.8 Å². The highest BCUT2D eigenvalue weighted by atomic mass is 16.7. The molecule has 0 aromatic heterocycles. The third-order valence-corrected chi connectivity index (χ3v) is 11.9. The first-order chi connectivity index (χ1) is 32.3. The van der Waals surface area contributed by atoms with E-state index in [0.29, 0.717) is 6.42 Å². The number of aliphatic hydroxyl groups is 5. The summed E-state index contributed by atoms with van der Waals surface area (Å²) in [4.78, 5) is 13.0. The molecule has 9 nitrogen and oxygen atoms in total.